The Balaban J connectivity index is 1.83. The van der Waals surface area contributed by atoms with Crippen LogP contribution >= 0.6 is 0 Å². The lowest BCUT2D eigenvalue weighted by atomic mass is 10.1. The Kier molecular flexibility index (Phi) is 5.00. The lowest BCUT2D eigenvalue weighted by Crippen LogP contribution is -2.21. The first-order chi connectivity index (χ1) is 10.1. The van der Waals surface area contributed by atoms with E-state index in [2.05, 4.69) is 5.32 Å². The minimum Gasteiger partial charge on any atom is -0.310 e. The maximum absolute atomic E-state index is 12.8. The Hall–Kier alpha value is -2.27. The molecule has 0 aliphatic heterocycles. The number of hydrogen-bond acceptors (Lipinski definition) is 3. The maximum atomic E-state index is 12.8. The molecule has 0 aliphatic carbocycles. The lowest BCUT2D eigenvalue weighted by molar-refractivity contribution is -0.384. The molecular weight excluding hydrogens is 271 g/mol. The van der Waals surface area contributed by atoms with Crippen LogP contribution in [0.25, 0.3) is 0 Å². The van der Waals surface area contributed by atoms with Gasteiger partial charge in [0.1, 0.15) is 5.82 Å². The smallest absolute Gasteiger partial charge is 0.269 e. The Morgan fingerprint density at radius 2 is 1.76 bits per heavy atom. The molecule has 0 unspecified atom stereocenters. The molecule has 0 aromatic heterocycles. The van der Waals surface area contributed by atoms with Gasteiger partial charge in [-0.3, -0.25) is 10.1 Å². The Labute approximate surface area is 122 Å². The molecule has 1 atom stereocenters. The van der Waals surface area contributed by atoms with Gasteiger partial charge in [0.05, 0.1) is 4.92 Å². The number of nitro benzene ring substituents is 1. The highest BCUT2D eigenvalue weighted by Gasteiger charge is 2.06. The molecule has 110 valence electrons. The van der Waals surface area contributed by atoms with Gasteiger partial charge in [-0.1, -0.05) is 24.3 Å². The molecule has 1 N–H and O–H groups in total. The van der Waals surface area contributed by atoms with Crippen LogP contribution in [0.4, 0.5) is 10.1 Å². The van der Waals surface area contributed by atoms with Gasteiger partial charge < -0.3 is 5.32 Å². The number of nitrogens with one attached hydrogen (secondary N) is 1. The van der Waals surface area contributed by atoms with Crippen molar-refractivity contribution in [1.29, 1.82) is 0 Å². The molecular formula is C16H17FN2O2. The van der Waals surface area contributed by atoms with E-state index in [4.69, 9.17) is 0 Å². The van der Waals surface area contributed by atoms with Crippen molar-refractivity contribution in [3.63, 3.8) is 0 Å². The van der Waals surface area contributed by atoms with E-state index < -0.39 is 4.92 Å². The quantitative estimate of drug-likeness (QED) is 0.652. The van der Waals surface area contributed by atoms with Crippen LogP contribution in [0.3, 0.4) is 0 Å². The standard InChI is InChI=1S/C16H17FN2O2/c1-12(14-4-6-15(17)7-5-14)18-11-10-13-2-8-16(9-3-13)19(20)21/h2-9,12,18H,10-11H2,1H3/t12-/m1/s1. The minimum atomic E-state index is -0.404. The molecule has 2 aromatic rings. The molecule has 0 radical (unpaired) electrons. The first-order valence-corrected chi connectivity index (χ1v) is 6.78. The van der Waals surface area contributed by atoms with Crippen molar-refractivity contribution in [3.05, 3.63) is 75.6 Å². The largest absolute Gasteiger partial charge is 0.310 e. The molecule has 21 heavy (non-hydrogen) atoms. The summed E-state index contributed by atoms with van der Waals surface area (Å²) in [4.78, 5) is 10.2. The zero-order chi connectivity index (χ0) is 15.2. The van der Waals surface area contributed by atoms with Crippen molar-refractivity contribution in [1.82, 2.24) is 5.32 Å². The first kappa shape index (κ1) is 15.1. The van der Waals surface area contributed by atoms with Crippen LogP contribution in [-0.2, 0) is 6.42 Å². The van der Waals surface area contributed by atoms with Gasteiger partial charge in [0.15, 0.2) is 0 Å². The molecule has 0 saturated carbocycles. The van der Waals surface area contributed by atoms with Crippen LogP contribution in [0.2, 0.25) is 0 Å². The average molecular weight is 288 g/mol. The molecule has 0 saturated heterocycles. The van der Waals surface area contributed by atoms with Crippen molar-refractivity contribution in [2.24, 2.45) is 0 Å². The summed E-state index contributed by atoms with van der Waals surface area (Å²) >= 11 is 0. The Morgan fingerprint density at radius 1 is 1.14 bits per heavy atom. The molecule has 0 bridgehead atoms. The summed E-state index contributed by atoms with van der Waals surface area (Å²) in [6.45, 7) is 2.76. The molecule has 0 aliphatic rings. The van der Waals surface area contributed by atoms with Crippen molar-refractivity contribution in [2.75, 3.05) is 6.54 Å². The van der Waals surface area contributed by atoms with E-state index in [1.165, 1.54) is 24.3 Å². The van der Waals surface area contributed by atoms with Gasteiger partial charge in [-0.25, -0.2) is 4.39 Å². The van der Waals surface area contributed by atoms with Gasteiger partial charge in [-0.15, -0.1) is 0 Å². The normalized spacial score (nSPS) is 12.1. The van der Waals surface area contributed by atoms with E-state index in [1.54, 1.807) is 24.3 Å². The van der Waals surface area contributed by atoms with Crippen molar-refractivity contribution in [3.8, 4) is 0 Å². The highest BCUT2D eigenvalue weighted by molar-refractivity contribution is 5.33. The third-order valence-corrected chi connectivity index (χ3v) is 3.38. The summed E-state index contributed by atoms with van der Waals surface area (Å²) in [6, 6.07) is 13.1. The highest BCUT2D eigenvalue weighted by Crippen LogP contribution is 2.14. The van der Waals surface area contributed by atoms with Crippen LogP contribution in [-0.4, -0.2) is 11.5 Å². The fourth-order valence-corrected chi connectivity index (χ4v) is 2.09. The monoisotopic (exact) mass is 288 g/mol. The number of nitrogens with zero attached hydrogens (tertiary/aromatic N) is 1. The minimum absolute atomic E-state index is 0.103. The number of nitro groups is 1. The molecule has 2 rings (SSSR count). The third-order valence-electron chi connectivity index (χ3n) is 3.38. The fraction of sp³-hybridized carbons (Fsp3) is 0.250. The number of hydrogen-bond donors (Lipinski definition) is 1. The second-order valence-corrected chi connectivity index (χ2v) is 4.90. The summed E-state index contributed by atoms with van der Waals surface area (Å²) in [7, 11) is 0. The van der Waals surface area contributed by atoms with Gasteiger partial charge in [0.25, 0.3) is 5.69 Å². The van der Waals surface area contributed by atoms with E-state index in [0.717, 1.165) is 24.1 Å². The number of non-ortho nitro benzene ring substituents is 1. The van der Waals surface area contributed by atoms with Gasteiger partial charge in [0.2, 0.25) is 0 Å². The van der Waals surface area contributed by atoms with E-state index in [9.17, 15) is 14.5 Å². The number of rotatable bonds is 6. The Bertz CT molecular complexity index is 597. The average Bonchev–Trinajstić information content (AvgIpc) is 2.48. The zero-order valence-corrected chi connectivity index (χ0v) is 11.8. The summed E-state index contributed by atoms with van der Waals surface area (Å²) in [6.07, 6.45) is 0.781. The maximum Gasteiger partial charge on any atom is 0.269 e. The van der Waals surface area contributed by atoms with Crippen LogP contribution in [0.5, 0.6) is 0 Å². The van der Waals surface area contributed by atoms with Crippen molar-refractivity contribution < 1.29 is 9.31 Å². The molecule has 2 aromatic carbocycles. The lowest BCUT2D eigenvalue weighted by Gasteiger charge is -2.14. The van der Waals surface area contributed by atoms with Crippen LogP contribution in [0.15, 0.2) is 48.5 Å². The molecule has 0 heterocycles. The molecule has 5 heteroatoms. The van der Waals surface area contributed by atoms with E-state index >= 15 is 0 Å². The van der Waals surface area contributed by atoms with E-state index in [0.29, 0.717) is 0 Å². The van der Waals surface area contributed by atoms with Gasteiger partial charge in [0, 0.05) is 18.2 Å². The fourth-order valence-electron chi connectivity index (χ4n) is 2.09. The van der Waals surface area contributed by atoms with Gasteiger partial charge >= 0.3 is 0 Å². The summed E-state index contributed by atoms with van der Waals surface area (Å²) < 4.78 is 12.8. The van der Waals surface area contributed by atoms with Crippen molar-refractivity contribution >= 4 is 5.69 Å². The SMILES string of the molecule is C[C@@H](NCCc1ccc([N+](=O)[O-])cc1)c1ccc(F)cc1. The molecule has 4 nitrogen and oxygen atoms in total. The van der Waals surface area contributed by atoms with Gasteiger partial charge in [-0.05, 0) is 43.1 Å². The Morgan fingerprint density at radius 3 is 2.33 bits per heavy atom. The summed E-state index contributed by atoms with van der Waals surface area (Å²) in [5.41, 5.74) is 2.17. The number of halogens is 1. The summed E-state index contributed by atoms with van der Waals surface area (Å²) in [5.74, 6) is -0.239. The van der Waals surface area contributed by atoms with Crippen molar-refractivity contribution in [2.45, 2.75) is 19.4 Å². The second-order valence-electron chi connectivity index (χ2n) is 4.90. The van der Waals surface area contributed by atoms with Crippen LogP contribution < -0.4 is 5.32 Å². The zero-order valence-electron chi connectivity index (χ0n) is 11.8. The molecule has 0 spiro atoms. The molecule has 0 fully saturated rings. The summed E-state index contributed by atoms with van der Waals surface area (Å²) in [5, 5.41) is 13.9. The second kappa shape index (κ2) is 6.95. The topological polar surface area (TPSA) is 55.2 Å². The van der Waals surface area contributed by atoms with E-state index in [1.807, 2.05) is 6.92 Å². The van der Waals surface area contributed by atoms with Crippen LogP contribution in [0.1, 0.15) is 24.1 Å². The highest BCUT2D eigenvalue weighted by atomic mass is 19.1. The first-order valence-electron chi connectivity index (χ1n) is 6.78. The third kappa shape index (κ3) is 4.36. The van der Waals surface area contributed by atoms with E-state index in [-0.39, 0.29) is 17.5 Å². The predicted molar refractivity (Wildman–Crippen MR) is 79.6 cm³/mol. The molecule has 0 amide bonds. The van der Waals surface area contributed by atoms with Crippen LogP contribution in [0, 0.1) is 15.9 Å². The van der Waals surface area contributed by atoms with Gasteiger partial charge in [-0.2, -0.15) is 0 Å². The predicted octanol–water partition coefficient (Wildman–Crippen LogP) is 3.63. The number of benzene rings is 2.